The van der Waals surface area contributed by atoms with Crippen LogP contribution in [0, 0.1) is 5.92 Å². The second kappa shape index (κ2) is 9.64. The standard InChI is InChI=1S/C13H28N2O/c1-5-6-7-8-12(4)14-9-10-15-13(16)11(2)3/h11-12,14H,5-10H2,1-4H3,(H,15,16). The highest BCUT2D eigenvalue weighted by molar-refractivity contribution is 5.77. The van der Waals surface area contributed by atoms with Gasteiger partial charge in [0.1, 0.15) is 0 Å². The van der Waals surface area contributed by atoms with Crippen LogP contribution in [0.4, 0.5) is 0 Å². The molecule has 2 N–H and O–H groups in total. The van der Waals surface area contributed by atoms with E-state index in [2.05, 4.69) is 24.5 Å². The minimum absolute atomic E-state index is 0.0852. The van der Waals surface area contributed by atoms with Crippen molar-refractivity contribution < 1.29 is 4.79 Å². The first-order chi connectivity index (χ1) is 7.57. The van der Waals surface area contributed by atoms with Gasteiger partial charge in [0.05, 0.1) is 0 Å². The van der Waals surface area contributed by atoms with Gasteiger partial charge in [0.25, 0.3) is 0 Å². The molecule has 1 unspecified atom stereocenters. The first-order valence-electron chi connectivity index (χ1n) is 6.59. The van der Waals surface area contributed by atoms with Crippen LogP contribution < -0.4 is 10.6 Å². The lowest BCUT2D eigenvalue weighted by Gasteiger charge is -2.14. The Morgan fingerprint density at radius 3 is 2.38 bits per heavy atom. The van der Waals surface area contributed by atoms with Crippen molar-refractivity contribution >= 4 is 5.91 Å². The van der Waals surface area contributed by atoms with Crippen molar-refractivity contribution in [2.24, 2.45) is 5.92 Å². The fraction of sp³-hybridized carbons (Fsp3) is 0.923. The summed E-state index contributed by atoms with van der Waals surface area (Å²) >= 11 is 0. The maximum atomic E-state index is 11.3. The molecule has 0 saturated heterocycles. The number of carbonyl (C=O) groups is 1. The minimum atomic E-state index is 0.0852. The van der Waals surface area contributed by atoms with Gasteiger partial charge in [-0.05, 0) is 13.3 Å². The molecule has 3 heteroatoms. The lowest BCUT2D eigenvalue weighted by atomic mass is 10.1. The predicted molar refractivity (Wildman–Crippen MR) is 69.5 cm³/mol. The number of hydrogen-bond acceptors (Lipinski definition) is 2. The molecule has 0 saturated carbocycles. The summed E-state index contributed by atoms with van der Waals surface area (Å²) in [6.45, 7) is 9.85. The average Bonchev–Trinajstić information content (AvgIpc) is 2.24. The molecule has 0 aromatic rings. The highest BCUT2D eigenvalue weighted by Crippen LogP contribution is 2.02. The molecule has 0 aliphatic carbocycles. The number of unbranched alkanes of at least 4 members (excludes halogenated alkanes) is 2. The summed E-state index contributed by atoms with van der Waals surface area (Å²) in [5, 5.41) is 6.32. The zero-order valence-electron chi connectivity index (χ0n) is 11.3. The highest BCUT2D eigenvalue weighted by atomic mass is 16.1. The van der Waals surface area contributed by atoms with Crippen molar-refractivity contribution in [2.45, 2.75) is 59.4 Å². The van der Waals surface area contributed by atoms with Crippen LogP contribution in [0.1, 0.15) is 53.4 Å². The molecule has 0 fully saturated rings. The van der Waals surface area contributed by atoms with Crippen molar-refractivity contribution in [3.63, 3.8) is 0 Å². The molecule has 0 aliphatic heterocycles. The van der Waals surface area contributed by atoms with E-state index in [1.54, 1.807) is 0 Å². The van der Waals surface area contributed by atoms with Crippen LogP contribution in [-0.4, -0.2) is 25.0 Å². The van der Waals surface area contributed by atoms with Crippen LogP contribution in [0.2, 0.25) is 0 Å². The van der Waals surface area contributed by atoms with Gasteiger partial charge in [0.2, 0.25) is 5.91 Å². The Kier molecular flexibility index (Phi) is 9.30. The van der Waals surface area contributed by atoms with Gasteiger partial charge in [-0.1, -0.05) is 40.0 Å². The third-order valence-electron chi connectivity index (χ3n) is 2.68. The number of nitrogens with one attached hydrogen (secondary N) is 2. The zero-order chi connectivity index (χ0) is 12.4. The van der Waals surface area contributed by atoms with Gasteiger partial charge in [0, 0.05) is 25.0 Å². The summed E-state index contributed by atoms with van der Waals surface area (Å²) in [5.41, 5.74) is 0. The molecule has 0 aliphatic rings. The topological polar surface area (TPSA) is 41.1 Å². The largest absolute Gasteiger partial charge is 0.355 e. The average molecular weight is 228 g/mol. The van der Waals surface area contributed by atoms with Gasteiger partial charge in [-0.25, -0.2) is 0 Å². The van der Waals surface area contributed by atoms with E-state index in [4.69, 9.17) is 0 Å². The molecule has 16 heavy (non-hydrogen) atoms. The summed E-state index contributed by atoms with van der Waals surface area (Å²) < 4.78 is 0. The second-order valence-corrected chi connectivity index (χ2v) is 4.80. The van der Waals surface area contributed by atoms with E-state index in [-0.39, 0.29) is 11.8 Å². The summed E-state index contributed by atoms with van der Waals surface area (Å²) in [5.74, 6) is 0.224. The summed E-state index contributed by atoms with van der Waals surface area (Å²) in [4.78, 5) is 11.3. The number of hydrogen-bond donors (Lipinski definition) is 2. The Balaban J connectivity index is 3.33. The van der Waals surface area contributed by atoms with E-state index >= 15 is 0 Å². The van der Waals surface area contributed by atoms with Crippen molar-refractivity contribution in [3.8, 4) is 0 Å². The van der Waals surface area contributed by atoms with Gasteiger partial charge in [-0.15, -0.1) is 0 Å². The summed E-state index contributed by atoms with van der Waals surface area (Å²) in [7, 11) is 0. The molecule has 0 rings (SSSR count). The molecule has 0 bridgehead atoms. The van der Waals surface area contributed by atoms with Crippen LogP contribution in [-0.2, 0) is 4.79 Å². The smallest absolute Gasteiger partial charge is 0.222 e. The molecule has 0 spiro atoms. The summed E-state index contributed by atoms with van der Waals surface area (Å²) in [6.07, 6.45) is 5.11. The molecule has 3 nitrogen and oxygen atoms in total. The van der Waals surface area contributed by atoms with Crippen molar-refractivity contribution in [1.29, 1.82) is 0 Å². The van der Waals surface area contributed by atoms with Gasteiger partial charge in [0.15, 0.2) is 0 Å². The van der Waals surface area contributed by atoms with Crippen LogP contribution in [0.3, 0.4) is 0 Å². The molecular formula is C13H28N2O. The molecule has 0 radical (unpaired) electrons. The SMILES string of the molecule is CCCCCC(C)NCCNC(=O)C(C)C. The molecule has 1 atom stereocenters. The normalized spacial score (nSPS) is 12.8. The first-order valence-corrected chi connectivity index (χ1v) is 6.59. The second-order valence-electron chi connectivity index (χ2n) is 4.80. The van der Waals surface area contributed by atoms with E-state index in [9.17, 15) is 4.79 Å². The number of carbonyl (C=O) groups excluding carboxylic acids is 1. The summed E-state index contributed by atoms with van der Waals surface area (Å²) in [6, 6.07) is 0.558. The van der Waals surface area contributed by atoms with Crippen LogP contribution in [0.25, 0.3) is 0 Å². The first kappa shape index (κ1) is 15.4. The third kappa shape index (κ3) is 8.72. The predicted octanol–water partition coefficient (Wildman–Crippen LogP) is 2.32. The van der Waals surface area contributed by atoms with Crippen molar-refractivity contribution in [3.05, 3.63) is 0 Å². The molecule has 0 heterocycles. The maximum Gasteiger partial charge on any atom is 0.222 e. The minimum Gasteiger partial charge on any atom is -0.355 e. The van der Waals surface area contributed by atoms with Gasteiger partial charge < -0.3 is 10.6 Å². The zero-order valence-corrected chi connectivity index (χ0v) is 11.3. The highest BCUT2D eigenvalue weighted by Gasteiger charge is 2.05. The molecule has 0 aromatic carbocycles. The van der Waals surface area contributed by atoms with E-state index < -0.39 is 0 Å². The fourth-order valence-corrected chi connectivity index (χ4v) is 1.51. The Morgan fingerprint density at radius 2 is 1.81 bits per heavy atom. The van der Waals surface area contributed by atoms with Gasteiger partial charge in [-0.3, -0.25) is 4.79 Å². The fourth-order valence-electron chi connectivity index (χ4n) is 1.51. The van der Waals surface area contributed by atoms with Crippen molar-refractivity contribution in [1.82, 2.24) is 10.6 Å². The van der Waals surface area contributed by atoms with Gasteiger partial charge in [-0.2, -0.15) is 0 Å². The van der Waals surface area contributed by atoms with Crippen LogP contribution in [0.5, 0.6) is 0 Å². The van der Waals surface area contributed by atoms with Crippen LogP contribution in [0.15, 0.2) is 0 Å². The van der Waals surface area contributed by atoms with Crippen molar-refractivity contribution in [2.75, 3.05) is 13.1 Å². The molecule has 0 aromatic heterocycles. The molecule has 96 valence electrons. The lowest BCUT2D eigenvalue weighted by Crippen LogP contribution is -2.37. The lowest BCUT2D eigenvalue weighted by molar-refractivity contribution is -0.123. The van der Waals surface area contributed by atoms with E-state index in [0.717, 1.165) is 13.1 Å². The monoisotopic (exact) mass is 228 g/mol. The quantitative estimate of drug-likeness (QED) is 0.595. The van der Waals surface area contributed by atoms with Gasteiger partial charge >= 0.3 is 0 Å². The van der Waals surface area contributed by atoms with E-state index in [1.165, 1.54) is 25.7 Å². The maximum absolute atomic E-state index is 11.3. The van der Waals surface area contributed by atoms with E-state index in [1.807, 2.05) is 13.8 Å². The van der Waals surface area contributed by atoms with E-state index in [0.29, 0.717) is 6.04 Å². The Hall–Kier alpha value is -0.570. The Labute approximate surface area is 100 Å². The number of rotatable bonds is 9. The molecular weight excluding hydrogens is 200 g/mol. The number of amides is 1. The Bertz CT molecular complexity index is 181. The van der Waals surface area contributed by atoms with Crippen LogP contribution >= 0.6 is 0 Å². The third-order valence-corrected chi connectivity index (χ3v) is 2.68. The molecule has 1 amide bonds. The Morgan fingerprint density at radius 1 is 1.12 bits per heavy atom.